The Morgan fingerprint density at radius 1 is 1.23 bits per heavy atom. The minimum Gasteiger partial charge on any atom is -0.278 e. The van der Waals surface area contributed by atoms with Crippen LogP contribution in [0.5, 0.6) is 0 Å². The zero-order chi connectivity index (χ0) is 22.0. The van der Waals surface area contributed by atoms with Gasteiger partial charge in [0.2, 0.25) is 0 Å². The van der Waals surface area contributed by atoms with E-state index in [0.717, 1.165) is 0 Å². The van der Waals surface area contributed by atoms with Crippen molar-refractivity contribution in [2.45, 2.75) is 47.0 Å². The van der Waals surface area contributed by atoms with Crippen LogP contribution in [0, 0.1) is 15.5 Å². The van der Waals surface area contributed by atoms with Crippen LogP contribution in [0.15, 0.2) is 88.6 Å². The molecule has 0 saturated heterocycles. The predicted octanol–water partition coefficient (Wildman–Crippen LogP) is 7.13. The number of nitro groups is 1. The van der Waals surface area contributed by atoms with Crippen LogP contribution in [0.1, 0.15) is 47.0 Å². The molecule has 0 spiro atoms. The molecule has 1 aromatic carbocycles. The molecule has 30 heavy (non-hydrogen) atoms. The van der Waals surface area contributed by atoms with Crippen molar-refractivity contribution in [1.82, 2.24) is 0 Å². The maximum absolute atomic E-state index is 10.8. The zero-order valence-electron chi connectivity index (χ0n) is 18.3. The molecule has 1 aromatic rings. The topological polar surface area (TPSA) is 67.5 Å². The zero-order valence-corrected chi connectivity index (χ0v) is 18.3. The maximum Gasteiger partial charge on any atom is 0.271 e. The molecule has 0 aliphatic heterocycles. The van der Waals surface area contributed by atoms with Gasteiger partial charge in [0, 0.05) is 18.3 Å². The van der Waals surface area contributed by atoms with Crippen LogP contribution < -0.4 is 5.43 Å². The van der Waals surface area contributed by atoms with Crippen molar-refractivity contribution in [2.75, 3.05) is 5.43 Å². The van der Waals surface area contributed by atoms with Crippen molar-refractivity contribution in [3.05, 3.63) is 93.6 Å². The summed E-state index contributed by atoms with van der Waals surface area (Å²) in [6, 6.07) is 6.22. The molecule has 0 radical (unpaired) electrons. The van der Waals surface area contributed by atoms with E-state index in [4.69, 9.17) is 0 Å². The molecule has 0 atom stereocenters. The van der Waals surface area contributed by atoms with Gasteiger partial charge in [-0.15, -0.1) is 0 Å². The van der Waals surface area contributed by atoms with Crippen LogP contribution in [0.25, 0.3) is 0 Å². The van der Waals surface area contributed by atoms with Crippen LogP contribution in [0.3, 0.4) is 0 Å². The monoisotopic (exact) mass is 405 g/mol. The summed E-state index contributed by atoms with van der Waals surface area (Å²) >= 11 is 0. The van der Waals surface area contributed by atoms with Crippen LogP contribution in [0.2, 0.25) is 0 Å². The Bertz CT molecular complexity index is 931. The number of anilines is 1. The molecule has 5 nitrogen and oxygen atoms in total. The average Bonchev–Trinajstić information content (AvgIpc) is 2.69. The van der Waals surface area contributed by atoms with E-state index in [1.807, 2.05) is 18.2 Å². The normalized spacial score (nSPS) is 17.7. The molecular weight excluding hydrogens is 374 g/mol. The number of nitrogens with one attached hydrogen (secondary N) is 1. The standard InChI is InChI=1S/C25H31N3O2/c1-20(15-16-24-21(2)12-10-17-25(24,3)4)11-7-5-6-8-18-26-27-22-13-9-14-23(19-22)28(29)30/h5-9,11,13-16,18-19,27H,10,12,17H2,1-4H3/b7-5+,8-6+,16-15+,20-11+,26-18+. The summed E-state index contributed by atoms with van der Waals surface area (Å²) in [6.45, 7) is 9.00. The smallest absolute Gasteiger partial charge is 0.271 e. The lowest BCUT2D eigenvalue weighted by Crippen LogP contribution is -2.19. The van der Waals surface area contributed by atoms with Gasteiger partial charge in [0.25, 0.3) is 5.69 Å². The van der Waals surface area contributed by atoms with Gasteiger partial charge in [0.05, 0.1) is 10.6 Å². The number of hydrogen-bond donors (Lipinski definition) is 1. The molecule has 1 aliphatic rings. The number of nitrogens with zero attached hydrogens (tertiary/aromatic N) is 2. The Hall–Kier alpha value is -3.21. The fourth-order valence-corrected chi connectivity index (χ4v) is 3.51. The van der Waals surface area contributed by atoms with Gasteiger partial charge in [0.15, 0.2) is 0 Å². The summed E-state index contributed by atoms with van der Waals surface area (Å²) in [7, 11) is 0. The Morgan fingerprint density at radius 2 is 2.00 bits per heavy atom. The van der Waals surface area contributed by atoms with Crippen molar-refractivity contribution < 1.29 is 4.92 Å². The molecule has 0 fully saturated rings. The largest absolute Gasteiger partial charge is 0.278 e. The minimum atomic E-state index is -0.432. The van der Waals surface area contributed by atoms with Crippen LogP contribution in [-0.2, 0) is 0 Å². The Labute approximate surface area is 179 Å². The number of benzene rings is 1. The summed E-state index contributed by atoms with van der Waals surface area (Å²) < 4.78 is 0. The summed E-state index contributed by atoms with van der Waals surface area (Å²) in [5, 5.41) is 14.8. The molecule has 0 unspecified atom stereocenters. The Kier molecular flexibility index (Phi) is 8.54. The Morgan fingerprint density at radius 3 is 2.73 bits per heavy atom. The molecule has 0 bridgehead atoms. The third-order valence-corrected chi connectivity index (χ3v) is 5.16. The highest BCUT2D eigenvalue weighted by Gasteiger charge is 2.26. The molecule has 0 heterocycles. The number of non-ortho nitro benzene ring substituents is 1. The van der Waals surface area contributed by atoms with Crippen molar-refractivity contribution >= 4 is 17.6 Å². The van der Waals surface area contributed by atoms with Crippen molar-refractivity contribution in [3.63, 3.8) is 0 Å². The van der Waals surface area contributed by atoms with Crippen molar-refractivity contribution in [2.24, 2.45) is 10.5 Å². The SMILES string of the molecule is CC1=C(/C=C/C(C)=C/C=C/C=C/C=N/Nc2cccc([N+](=O)[O-])c2)C(C)(C)CCC1. The first-order valence-corrected chi connectivity index (χ1v) is 10.2. The molecule has 0 amide bonds. The lowest BCUT2D eigenvalue weighted by Gasteiger charge is -2.32. The second-order valence-corrected chi connectivity index (χ2v) is 8.14. The highest BCUT2D eigenvalue weighted by atomic mass is 16.6. The predicted molar refractivity (Wildman–Crippen MR) is 127 cm³/mol. The van der Waals surface area contributed by atoms with Gasteiger partial charge in [-0.2, -0.15) is 5.10 Å². The molecule has 0 aromatic heterocycles. The molecule has 5 heteroatoms. The van der Waals surface area contributed by atoms with Gasteiger partial charge < -0.3 is 0 Å². The molecule has 1 aliphatic carbocycles. The van der Waals surface area contributed by atoms with E-state index >= 15 is 0 Å². The first-order chi connectivity index (χ1) is 14.3. The molecule has 0 saturated carbocycles. The van der Waals surface area contributed by atoms with Gasteiger partial charge in [-0.3, -0.25) is 15.5 Å². The molecule has 158 valence electrons. The summed E-state index contributed by atoms with van der Waals surface area (Å²) in [4.78, 5) is 10.3. The number of nitro benzene ring substituents is 1. The van der Waals surface area contributed by atoms with E-state index in [0.29, 0.717) is 5.69 Å². The second kappa shape index (κ2) is 11.1. The van der Waals surface area contributed by atoms with E-state index in [1.165, 1.54) is 48.1 Å². The third kappa shape index (κ3) is 7.32. The minimum absolute atomic E-state index is 0.0309. The van der Waals surface area contributed by atoms with E-state index in [9.17, 15) is 10.1 Å². The van der Waals surface area contributed by atoms with Crippen molar-refractivity contribution in [3.8, 4) is 0 Å². The van der Waals surface area contributed by atoms with Gasteiger partial charge in [-0.05, 0) is 56.2 Å². The summed E-state index contributed by atoms with van der Waals surface area (Å²) in [5.41, 5.74) is 7.81. The van der Waals surface area contributed by atoms with Gasteiger partial charge >= 0.3 is 0 Å². The fraction of sp³-hybridized carbons (Fsp3) is 0.320. The number of hydrazone groups is 1. The van der Waals surface area contributed by atoms with Gasteiger partial charge in [0.1, 0.15) is 0 Å². The van der Waals surface area contributed by atoms with E-state index < -0.39 is 4.92 Å². The highest BCUT2D eigenvalue weighted by molar-refractivity contribution is 5.72. The molecule has 1 N–H and O–H groups in total. The van der Waals surface area contributed by atoms with Crippen LogP contribution >= 0.6 is 0 Å². The lowest BCUT2D eigenvalue weighted by molar-refractivity contribution is -0.384. The third-order valence-electron chi connectivity index (χ3n) is 5.16. The van der Waals surface area contributed by atoms with Crippen LogP contribution in [-0.4, -0.2) is 11.1 Å². The van der Waals surface area contributed by atoms with Crippen molar-refractivity contribution in [1.29, 1.82) is 0 Å². The number of hydrogen-bond acceptors (Lipinski definition) is 4. The number of allylic oxidation sites excluding steroid dienone is 10. The van der Waals surface area contributed by atoms with E-state index in [2.05, 4.69) is 56.5 Å². The average molecular weight is 406 g/mol. The quantitative estimate of drug-likeness (QED) is 0.216. The fourth-order valence-electron chi connectivity index (χ4n) is 3.51. The maximum atomic E-state index is 10.8. The first kappa shape index (κ1) is 23.1. The molecular formula is C25H31N3O2. The Balaban J connectivity index is 1.84. The summed E-state index contributed by atoms with van der Waals surface area (Å²) in [5.74, 6) is 0. The summed E-state index contributed by atoms with van der Waals surface area (Å²) in [6.07, 6.45) is 19.5. The highest BCUT2D eigenvalue weighted by Crippen LogP contribution is 2.40. The second-order valence-electron chi connectivity index (χ2n) is 8.14. The first-order valence-electron chi connectivity index (χ1n) is 10.2. The van der Waals surface area contributed by atoms with E-state index in [1.54, 1.807) is 24.4 Å². The van der Waals surface area contributed by atoms with Gasteiger partial charge in [-0.1, -0.05) is 67.5 Å². The number of rotatable bonds is 8. The van der Waals surface area contributed by atoms with E-state index in [-0.39, 0.29) is 11.1 Å². The van der Waals surface area contributed by atoms with Gasteiger partial charge in [-0.25, -0.2) is 0 Å². The molecule has 2 rings (SSSR count). The van der Waals surface area contributed by atoms with Crippen LogP contribution in [0.4, 0.5) is 11.4 Å². The lowest BCUT2D eigenvalue weighted by atomic mass is 9.72.